The molecule has 2 aromatic rings. The second kappa shape index (κ2) is 14.5. The van der Waals surface area contributed by atoms with Gasteiger partial charge in [0.05, 0.1) is 31.5 Å². The molecule has 8 nitrogen and oxygen atoms in total. The van der Waals surface area contributed by atoms with E-state index in [4.69, 9.17) is 30.5 Å². The van der Waals surface area contributed by atoms with Crippen molar-refractivity contribution >= 4 is 29.3 Å². The summed E-state index contributed by atoms with van der Waals surface area (Å²) < 4.78 is 50.4. The fraction of sp³-hybridized carbons (Fsp3) is 0.531. The van der Waals surface area contributed by atoms with Crippen molar-refractivity contribution < 1.29 is 42.1 Å². The van der Waals surface area contributed by atoms with Crippen molar-refractivity contribution in [2.24, 2.45) is 5.92 Å². The van der Waals surface area contributed by atoms with Crippen molar-refractivity contribution in [1.82, 2.24) is 5.32 Å². The lowest BCUT2D eigenvalue weighted by atomic mass is 9.72. The van der Waals surface area contributed by atoms with Crippen LogP contribution in [0.1, 0.15) is 87.4 Å². The van der Waals surface area contributed by atoms with Gasteiger partial charge in [0.15, 0.2) is 11.5 Å². The fourth-order valence-corrected chi connectivity index (χ4v) is 5.87. The molecule has 1 aliphatic rings. The molecule has 0 aromatic heterocycles. The van der Waals surface area contributed by atoms with E-state index in [1.54, 1.807) is 26.8 Å². The molecule has 0 radical (unpaired) electrons. The van der Waals surface area contributed by atoms with Crippen LogP contribution in [0.25, 0.3) is 0 Å². The Kier molecular flexibility index (Phi) is 11.5. The molecule has 0 spiro atoms. The summed E-state index contributed by atoms with van der Waals surface area (Å²) in [6.45, 7) is 9.15. The fourth-order valence-electron chi connectivity index (χ4n) is 5.50. The Balaban J connectivity index is 2.00. The SMILES string of the molecule is CCOc1cc(C(C)C(CCO[C@@H](C)c2ccccc2)C(=O)NC2(C(=O)OC)CC(F)(F)C2)c(Cl)c(OCC)c1C(C)=O. The van der Waals surface area contributed by atoms with Crippen molar-refractivity contribution in [2.45, 2.75) is 77.4 Å². The summed E-state index contributed by atoms with van der Waals surface area (Å²) in [5, 5.41) is 2.71. The molecule has 1 aliphatic carbocycles. The van der Waals surface area contributed by atoms with Gasteiger partial charge in [0.2, 0.25) is 5.91 Å². The molecule has 3 atom stereocenters. The zero-order valence-electron chi connectivity index (χ0n) is 25.4. The first-order valence-corrected chi connectivity index (χ1v) is 14.8. The van der Waals surface area contributed by atoms with Gasteiger partial charge in [-0.3, -0.25) is 9.59 Å². The van der Waals surface area contributed by atoms with Crippen LogP contribution in [0.4, 0.5) is 8.78 Å². The number of alkyl halides is 2. The number of Topliss-reactive ketones (excluding diaryl/α,β-unsaturated/α-hetero) is 1. The van der Waals surface area contributed by atoms with Crippen LogP contribution in [0.2, 0.25) is 5.02 Å². The molecule has 236 valence electrons. The number of nitrogens with one attached hydrogen (secondary N) is 1. The molecule has 2 unspecified atom stereocenters. The number of hydrogen-bond donors (Lipinski definition) is 1. The Morgan fingerprint density at radius 2 is 1.67 bits per heavy atom. The van der Waals surface area contributed by atoms with Crippen LogP contribution in [0.15, 0.2) is 36.4 Å². The quantitative estimate of drug-likeness (QED) is 0.174. The predicted octanol–water partition coefficient (Wildman–Crippen LogP) is 6.68. The molecular formula is C32H40ClF2NO7. The minimum atomic E-state index is -3.11. The third-order valence-corrected chi connectivity index (χ3v) is 8.10. The first-order valence-electron chi connectivity index (χ1n) is 14.4. The molecule has 0 heterocycles. The van der Waals surface area contributed by atoms with E-state index in [1.165, 1.54) is 6.92 Å². The molecule has 2 aromatic carbocycles. The summed E-state index contributed by atoms with van der Waals surface area (Å²) in [7, 11) is 1.09. The summed E-state index contributed by atoms with van der Waals surface area (Å²) in [4.78, 5) is 39.0. The summed E-state index contributed by atoms with van der Waals surface area (Å²) in [6.07, 6.45) is -1.84. The summed E-state index contributed by atoms with van der Waals surface area (Å²) >= 11 is 6.83. The molecule has 11 heteroatoms. The maximum absolute atomic E-state index is 14.0. The summed E-state index contributed by atoms with van der Waals surface area (Å²) in [5.41, 5.74) is -0.253. The van der Waals surface area contributed by atoms with Gasteiger partial charge < -0.3 is 24.3 Å². The van der Waals surface area contributed by atoms with Gasteiger partial charge in [-0.25, -0.2) is 13.6 Å². The highest BCUT2D eigenvalue weighted by molar-refractivity contribution is 6.33. The van der Waals surface area contributed by atoms with Crippen LogP contribution < -0.4 is 14.8 Å². The molecule has 1 fully saturated rings. The highest BCUT2D eigenvalue weighted by Gasteiger charge is 2.63. The number of esters is 1. The van der Waals surface area contributed by atoms with E-state index in [-0.39, 0.29) is 60.2 Å². The van der Waals surface area contributed by atoms with E-state index < -0.39 is 48.0 Å². The number of halogens is 3. The average Bonchev–Trinajstić information content (AvgIpc) is 2.95. The summed E-state index contributed by atoms with van der Waals surface area (Å²) in [6, 6.07) is 11.1. The highest BCUT2D eigenvalue weighted by Crippen LogP contribution is 2.48. The Morgan fingerprint density at radius 1 is 1.05 bits per heavy atom. The molecule has 43 heavy (non-hydrogen) atoms. The van der Waals surface area contributed by atoms with Crippen LogP contribution in [0.5, 0.6) is 11.5 Å². The molecular weight excluding hydrogens is 584 g/mol. The molecule has 1 amide bonds. The molecule has 0 bridgehead atoms. The number of amides is 1. The van der Waals surface area contributed by atoms with Crippen molar-refractivity contribution in [1.29, 1.82) is 0 Å². The number of benzene rings is 2. The van der Waals surface area contributed by atoms with Gasteiger partial charge >= 0.3 is 5.97 Å². The number of ether oxygens (including phenoxy) is 4. The van der Waals surface area contributed by atoms with Gasteiger partial charge in [-0.05, 0) is 57.2 Å². The third kappa shape index (κ3) is 7.84. The molecule has 0 aliphatic heterocycles. The van der Waals surface area contributed by atoms with Gasteiger partial charge in [0, 0.05) is 25.4 Å². The number of rotatable bonds is 15. The van der Waals surface area contributed by atoms with Crippen molar-refractivity contribution in [2.75, 3.05) is 26.9 Å². The Hall–Kier alpha value is -3.24. The van der Waals surface area contributed by atoms with Crippen LogP contribution in [-0.4, -0.2) is 56.1 Å². The number of carbonyl (C=O) groups is 3. The predicted molar refractivity (Wildman–Crippen MR) is 158 cm³/mol. The van der Waals surface area contributed by atoms with E-state index in [9.17, 15) is 23.2 Å². The normalized spacial score (nSPS) is 17.1. The number of methoxy groups -OCH3 is 1. The van der Waals surface area contributed by atoms with Gasteiger partial charge in [-0.2, -0.15) is 0 Å². The largest absolute Gasteiger partial charge is 0.493 e. The third-order valence-electron chi connectivity index (χ3n) is 7.71. The van der Waals surface area contributed by atoms with Crippen LogP contribution in [0.3, 0.4) is 0 Å². The van der Waals surface area contributed by atoms with Gasteiger partial charge in [-0.15, -0.1) is 0 Å². The topological polar surface area (TPSA) is 100 Å². The lowest BCUT2D eigenvalue weighted by Gasteiger charge is -2.45. The zero-order chi connectivity index (χ0) is 31.9. The summed E-state index contributed by atoms with van der Waals surface area (Å²) in [5.74, 6) is -6.12. The molecule has 1 saturated carbocycles. The Morgan fingerprint density at radius 3 is 2.21 bits per heavy atom. The van der Waals surface area contributed by atoms with E-state index in [0.717, 1.165) is 12.7 Å². The Labute approximate surface area is 256 Å². The maximum Gasteiger partial charge on any atom is 0.332 e. The van der Waals surface area contributed by atoms with E-state index >= 15 is 0 Å². The van der Waals surface area contributed by atoms with E-state index in [1.807, 2.05) is 37.3 Å². The van der Waals surface area contributed by atoms with E-state index in [2.05, 4.69) is 5.32 Å². The van der Waals surface area contributed by atoms with Crippen molar-refractivity contribution in [3.63, 3.8) is 0 Å². The molecule has 3 rings (SSSR count). The average molecular weight is 624 g/mol. The van der Waals surface area contributed by atoms with Gasteiger partial charge in [0.1, 0.15) is 16.9 Å². The first kappa shape index (κ1) is 34.3. The van der Waals surface area contributed by atoms with Crippen LogP contribution in [0, 0.1) is 5.92 Å². The standard InChI is InChI=1S/C32H40ClF2NO7/c1-7-41-25-16-24(27(33)28(42-8-2)26(25)20(4)37)19(3)23(14-15-43-21(5)22-12-10-9-11-13-22)29(38)36-31(30(39)40-6)17-32(34,35)18-31/h9-13,16,19,21,23H,7-8,14-15,17-18H2,1-6H3,(H,36,38)/t19?,21-,23?/m0/s1. The second-order valence-electron chi connectivity index (χ2n) is 10.8. The minimum absolute atomic E-state index is 0.136. The van der Waals surface area contributed by atoms with Gasteiger partial charge in [0.25, 0.3) is 5.92 Å². The Bertz CT molecular complexity index is 1300. The number of ketones is 1. The minimum Gasteiger partial charge on any atom is -0.493 e. The number of hydrogen-bond acceptors (Lipinski definition) is 7. The lowest BCUT2D eigenvalue weighted by molar-refractivity contribution is -0.183. The monoisotopic (exact) mass is 623 g/mol. The van der Waals surface area contributed by atoms with Crippen molar-refractivity contribution in [3.05, 3.63) is 58.1 Å². The number of carbonyl (C=O) groups excluding carboxylic acids is 3. The second-order valence-corrected chi connectivity index (χ2v) is 11.2. The van der Waals surface area contributed by atoms with E-state index in [0.29, 0.717) is 5.56 Å². The molecule has 1 N–H and O–H groups in total. The maximum atomic E-state index is 14.0. The zero-order valence-corrected chi connectivity index (χ0v) is 26.2. The lowest BCUT2D eigenvalue weighted by Crippen LogP contribution is -2.67. The van der Waals surface area contributed by atoms with Crippen LogP contribution in [-0.2, 0) is 19.1 Å². The smallest absolute Gasteiger partial charge is 0.332 e. The van der Waals surface area contributed by atoms with Crippen molar-refractivity contribution in [3.8, 4) is 11.5 Å². The highest BCUT2D eigenvalue weighted by atomic mass is 35.5. The first-order chi connectivity index (χ1) is 20.3. The van der Waals surface area contributed by atoms with Crippen LogP contribution >= 0.6 is 11.6 Å². The molecule has 0 saturated heterocycles. The van der Waals surface area contributed by atoms with Gasteiger partial charge in [-0.1, -0.05) is 48.9 Å².